The Morgan fingerprint density at radius 1 is 1.31 bits per heavy atom. The Balaban J connectivity index is 1.78. The molecule has 2 aromatic rings. The quantitative estimate of drug-likeness (QED) is 0.539. The van der Waals surface area contributed by atoms with Crippen molar-refractivity contribution in [1.82, 2.24) is 15.3 Å². The number of benzene rings is 1. The molecule has 3 rings (SSSR count). The number of nitrogens with one attached hydrogen (secondary N) is 3. The van der Waals surface area contributed by atoms with Crippen molar-refractivity contribution in [2.45, 2.75) is 19.0 Å². The molecule has 2 heterocycles. The summed E-state index contributed by atoms with van der Waals surface area (Å²) in [6, 6.07) is 5.05. The lowest BCUT2D eigenvalue weighted by Gasteiger charge is -2.18. The summed E-state index contributed by atoms with van der Waals surface area (Å²) in [5.41, 5.74) is 0.900. The average molecular weight is 411 g/mol. The van der Waals surface area contributed by atoms with Gasteiger partial charge in [0.15, 0.2) is 0 Å². The highest BCUT2D eigenvalue weighted by Gasteiger charge is 2.36. The predicted molar refractivity (Wildman–Crippen MR) is 95.2 cm³/mol. The number of nitrogens with zero attached hydrogens (tertiary/aromatic N) is 2. The van der Waals surface area contributed by atoms with E-state index < -0.39 is 23.7 Å². The van der Waals surface area contributed by atoms with E-state index in [0.29, 0.717) is 30.4 Å². The number of carboxylic acid groups (broad SMARTS) is 1. The minimum absolute atomic E-state index is 0.0801. The summed E-state index contributed by atoms with van der Waals surface area (Å²) >= 11 is 0. The number of rotatable bonds is 6. The number of halogens is 3. The van der Waals surface area contributed by atoms with Gasteiger partial charge in [0, 0.05) is 24.0 Å². The van der Waals surface area contributed by atoms with E-state index >= 15 is 0 Å². The van der Waals surface area contributed by atoms with Gasteiger partial charge in [-0.3, -0.25) is 4.79 Å². The maximum absolute atomic E-state index is 13.1. The zero-order chi connectivity index (χ0) is 21.0. The highest BCUT2D eigenvalue weighted by atomic mass is 19.4. The summed E-state index contributed by atoms with van der Waals surface area (Å²) < 4.78 is 44.4. The van der Waals surface area contributed by atoms with Crippen LogP contribution in [0.2, 0.25) is 0 Å². The fourth-order valence-corrected chi connectivity index (χ4v) is 2.63. The van der Waals surface area contributed by atoms with E-state index in [2.05, 4.69) is 20.6 Å². The molecule has 1 aromatic heterocycles. The first-order valence-electron chi connectivity index (χ1n) is 8.46. The van der Waals surface area contributed by atoms with Crippen molar-refractivity contribution in [3.63, 3.8) is 0 Å². The third-order valence-electron chi connectivity index (χ3n) is 3.93. The minimum atomic E-state index is -4.74. The maximum atomic E-state index is 13.1. The molecular weight excluding hydrogens is 395 g/mol. The Bertz CT molecular complexity index is 936. The third kappa shape index (κ3) is 5.24. The van der Waals surface area contributed by atoms with E-state index in [0.717, 1.165) is 5.56 Å². The molecular formula is C17H16F3N5O4. The van der Waals surface area contributed by atoms with Gasteiger partial charge in [0.2, 0.25) is 17.7 Å². The molecule has 12 heteroatoms. The van der Waals surface area contributed by atoms with Crippen molar-refractivity contribution in [3.05, 3.63) is 35.5 Å². The van der Waals surface area contributed by atoms with Crippen LogP contribution in [0.15, 0.2) is 24.4 Å². The Kier molecular flexibility index (Phi) is 5.71. The van der Waals surface area contributed by atoms with Gasteiger partial charge in [0.05, 0.1) is 6.54 Å². The number of carbonyl (C=O) groups is 2. The molecule has 0 atom stereocenters. The third-order valence-corrected chi connectivity index (χ3v) is 3.93. The highest BCUT2D eigenvalue weighted by molar-refractivity contribution is 5.94. The highest BCUT2D eigenvalue weighted by Crippen LogP contribution is 2.35. The second-order valence-electron chi connectivity index (χ2n) is 6.04. The van der Waals surface area contributed by atoms with Crippen LogP contribution in [-0.4, -0.2) is 40.2 Å². The molecule has 0 fully saturated rings. The van der Waals surface area contributed by atoms with Crippen LogP contribution in [0.4, 0.5) is 35.3 Å². The lowest BCUT2D eigenvalue weighted by atomic mass is 10.0. The van der Waals surface area contributed by atoms with Crippen molar-refractivity contribution in [1.29, 1.82) is 0 Å². The molecule has 0 radical (unpaired) electrons. The van der Waals surface area contributed by atoms with Crippen LogP contribution in [0, 0.1) is 0 Å². The van der Waals surface area contributed by atoms with Crippen LogP contribution in [0.1, 0.15) is 17.5 Å². The Morgan fingerprint density at radius 2 is 2.10 bits per heavy atom. The van der Waals surface area contributed by atoms with Crippen LogP contribution in [-0.2, 0) is 17.4 Å². The molecule has 4 N–H and O–H groups in total. The van der Waals surface area contributed by atoms with Crippen LogP contribution < -0.4 is 20.7 Å². The summed E-state index contributed by atoms with van der Waals surface area (Å²) in [6.07, 6.45) is -4.59. The molecule has 1 aliphatic heterocycles. The monoisotopic (exact) mass is 411 g/mol. The molecule has 2 amide bonds. The number of anilines is 3. The average Bonchev–Trinajstić information content (AvgIpc) is 2.64. The molecule has 29 heavy (non-hydrogen) atoms. The van der Waals surface area contributed by atoms with Gasteiger partial charge in [0.1, 0.15) is 12.2 Å². The zero-order valence-electron chi connectivity index (χ0n) is 14.8. The van der Waals surface area contributed by atoms with E-state index in [9.17, 15) is 22.8 Å². The number of aryl methyl sites for hydroxylation is 1. The topological polar surface area (TPSA) is 125 Å². The number of hydrogen-bond donors (Lipinski definition) is 4. The number of ether oxygens (including phenoxy) is 1. The second kappa shape index (κ2) is 8.20. The second-order valence-corrected chi connectivity index (χ2v) is 6.04. The molecule has 0 unspecified atom stereocenters. The molecule has 0 bridgehead atoms. The molecule has 0 aliphatic carbocycles. The number of hydrogen-bond acceptors (Lipinski definition) is 6. The zero-order valence-corrected chi connectivity index (χ0v) is 14.8. The minimum Gasteiger partial charge on any atom is -0.475 e. The van der Waals surface area contributed by atoms with Crippen LogP contribution in [0.5, 0.6) is 5.88 Å². The van der Waals surface area contributed by atoms with Crippen LogP contribution in [0.25, 0.3) is 0 Å². The lowest BCUT2D eigenvalue weighted by Crippen LogP contribution is -2.26. The SMILES string of the molecule is O=C(O)NCCOc1nc(Nc2ccc3c(c2)CCC(=O)N3)ncc1C(F)(F)F. The van der Waals surface area contributed by atoms with Gasteiger partial charge in [-0.05, 0) is 30.2 Å². The summed E-state index contributed by atoms with van der Waals surface area (Å²) in [5, 5.41) is 16.0. The van der Waals surface area contributed by atoms with E-state index in [1.807, 2.05) is 5.32 Å². The summed E-state index contributed by atoms with van der Waals surface area (Å²) in [6.45, 7) is -0.555. The van der Waals surface area contributed by atoms with E-state index in [1.54, 1.807) is 18.2 Å². The van der Waals surface area contributed by atoms with E-state index in [-0.39, 0.29) is 25.0 Å². The molecule has 154 valence electrons. The largest absolute Gasteiger partial charge is 0.475 e. The Labute approximate surface area is 162 Å². The van der Waals surface area contributed by atoms with Gasteiger partial charge in [-0.25, -0.2) is 9.78 Å². The van der Waals surface area contributed by atoms with Crippen molar-refractivity contribution < 1.29 is 32.6 Å². The number of alkyl halides is 3. The molecule has 9 nitrogen and oxygen atoms in total. The van der Waals surface area contributed by atoms with Gasteiger partial charge < -0.3 is 25.8 Å². The van der Waals surface area contributed by atoms with Gasteiger partial charge in [-0.1, -0.05) is 0 Å². The van der Waals surface area contributed by atoms with Gasteiger partial charge in [0.25, 0.3) is 0 Å². The summed E-state index contributed by atoms with van der Waals surface area (Å²) in [4.78, 5) is 29.3. The summed E-state index contributed by atoms with van der Waals surface area (Å²) in [7, 11) is 0. The van der Waals surface area contributed by atoms with Crippen LogP contribution in [0.3, 0.4) is 0 Å². The fourth-order valence-electron chi connectivity index (χ4n) is 2.63. The smallest absolute Gasteiger partial charge is 0.423 e. The maximum Gasteiger partial charge on any atom is 0.423 e. The lowest BCUT2D eigenvalue weighted by molar-refractivity contribution is -0.139. The van der Waals surface area contributed by atoms with Gasteiger partial charge in [-0.15, -0.1) is 0 Å². The van der Waals surface area contributed by atoms with Crippen molar-refractivity contribution in [2.75, 3.05) is 23.8 Å². The van der Waals surface area contributed by atoms with Gasteiger partial charge in [-0.2, -0.15) is 18.2 Å². The molecule has 1 aliphatic rings. The summed E-state index contributed by atoms with van der Waals surface area (Å²) in [5.74, 6) is -0.921. The molecule has 0 saturated carbocycles. The number of carbonyl (C=O) groups excluding carboxylic acids is 1. The first kappa shape index (κ1) is 20.2. The fraction of sp³-hybridized carbons (Fsp3) is 0.294. The van der Waals surface area contributed by atoms with E-state index in [4.69, 9.17) is 9.84 Å². The molecule has 0 spiro atoms. The number of fused-ring (bicyclic) bond motifs is 1. The van der Waals surface area contributed by atoms with Crippen molar-refractivity contribution in [2.24, 2.45) is 0 Å². The Hall–Kier alpha value is -3.57. The van der Waals surface area contributed by atoms with Crippen molar-refractivity contribution in [3.8, 4) is 5.88 Å². The Morgan fingerprint density at radius 3 is 2.83 bits per heavy atom. The molecule has 0 saturated heterocycles. The number of amides is 2. The first-order valence-corrected chi connectivity index (χ1v) is 8.46. The van der Waals surface area contributed by atoms with Gasteiger partial charge >= 0.3 is 12.3 Å². The first-order chi connectivity index (χ1) is 13.7. The van der Waals surface area contributed by atoms with Crippen molar-refractivity contribution >= 4 is 29.3 Å². The predicted octanol–water partition coefficient (Wildman–Crippen LogP) is 2.77. The molecule has 1 aromatic carbocycles. The normalized spacial score (nSPS) is 13.3. The van der Waals surface area contributed by atoms with Crippen LogP contribution >= 0.6 is 0 Å². The standard InChI is InChI=1S/C17H16F3N5O4/c18-17(19,20)11-8-22-15(25-14(11)29-6-5-21-16(27)28)23-10-2-3-12-9(7-10)1-4-13(26)24-12/h2-3,7-8,21H,1,4-6H2,(H,24,26)(H,27,28)(H,22,23,25). The van der Waals surface area contributed by atoms with E-state index in [1.165, 1.54) is 0 Å². The number of aromatic nitrogens is 2.